The highest BCUT2D eigenvalue weighted by molar-refractivity contribution is 5.80. The van der Waals surface area contributed by atoms with Gasteiger partial charge in [0.05, 0.1) is 13.2 Å². The summed E-state index contributed by atoms with van der Waals surface area (Å²) in [5.74, 6) is 0.777. The minimum absolute atomic E-state index is 0.00281. The number of carbonyl (C=O) groups is 2. The summed E-state index contributed by atoms with van der Waals surface area (Å²) in [6.45, 7) is 11.0. The molecule has 0 aliphatic carbocycles. The van der Waals surface area contributed by atoms with E-state index in [2.05, 4.69) is 24.5 Å². The Morgan fingerprint density at radius 3 is 2.28 bits per heavy atom. The summed E-state index contributed by atoms with van der Waals surface area (Å²) in [7, 11) is 0. The number of rotatable bonds is 8. The molecule has 106 valence electrons. The number of amides is 1. The second kappa shape index (κ2) is 8.25. The van der Waals surface area contributed by atoms with Crippen LogP contribution >= 0.6 is 0 Å². The van der Waals surface area contributed by atoms with Gasteiger partial charge in [0.15, 0.2) is 0 Å². The molecule has 0 heterocycles. The highest BCUT2D eigenvalue weighted by Crippen LogP contribution is 2.17. The van der Waals surface area contributed by atoms with E-state index in [0.717, 1.165) is 6.42 Å². The van der Waals surface area contributed by atoms with Crippen LogP contribution in [0.15, 0.2) is 0 Å². The van der Waals surface area contributed by atoms with Gasteiger partial charge in [-0.05, 0) is 17.8 Å². The summed E-state index contributed by atoms with van der Waals surface area (Å²) < 4.78 is 0. The van der Waals surface area contributed by atoms with Crippen molar-refractivity contribution in [3.05, 3.63) is 0 Å². The second-order valence-electron chi connectivity index (χ2n) is 6.41. The van der Waals surface area contributed by atoms with Crippen molar-refractivity contribution in [1.29, 1.82) is 0 Å². The van der Waals surface area contributed by atoms with E-state index in [1.807, 2.05) is 20.8 Å². The number of ketones is 1. The van der Waals surface area contributed by atoms with Gasteiger partial charge in [-0.1, -0.05) is 34.6 Å². The van der Waals surface area contributed by atoms with Gasteiger partial charge in [-0.2, -0.15) is 0 Å². The zero-order chi connectivity index (χ0) is 14.2. The van der Waals surface area contributed by atoms with E-state index in [9.17, 15) is 9.59 Å². The first-order valence-corrected chi connectivity index (χ1v) is 6.70. The molecule has 0 fully saturated rings. The third-order valence-corrected chi connectivity index (χ3v) is 2.42. The lowest BCUT2D eigenvalue weighted by molar-refractivity contribution is -0.123. The number of hydrogen-bond acceptors (Lipinski definition) is 3. The zero-order valence-corrected chi connectivity index (χ0v) is 12.4. The van der Waals surface area contributed by atoms with E-state index in [1.54, 1.807) is 0 Å². The van der Waals surface area contributed by atoms with Crippen LogP contribution in [0.1, 0.15) is 53.9 Å². The van der Waals surface area contributed by atoms with Gasteiger partial charge in [0, 0.05) is 12.8 Å². The molecule has 0 rings (SSSR count). The van der Waals surface area contributed by atoms with Gasteiger partial charge in [0.1, 0.15) is 5.78 Å². The molecule has 0 saturated heterocycles. The van der Waals surface area contributed by atoms with Gasteiger partial charge in [-0.3, -0.25) is 14.9 Å². The molecular weight excluding hydrogens is 228 g/mol. The quantitative estimate of drug-likeness (QED) is 0.516. The van der Waals surface area contributed by atoms with Crippen LogP contribution in [-0.2, 0) is 9.59 Å². The topological polar surface area (TPSA) is 58.2 Å². The monoisotopic (exact) mass is 256 g/mol. The maximum absolute atomic E-state index is 11.5. The lowest BCUT2D eigenvalue weighted by atomic mass is 9.92. The van der Waals surface area contributed by atoms with Crippen LogP contribution in [0.2, 0.25) is 0 Å². The van der Waals surface area contributed by atoms with Gasteiger partial charge in [0.2, 0.25) is 5.91 Å². The summed E-state index contributed by atoms with van der Waals surface area (Å²) in [4.78, 5) is 22.9. The largest absolute Gasteiger partial charge is 0.344 e. The van der Waals surface area contributed by atoms with E-state index in [4.69, 9.17) is 0 Å². The van der Waals surface area contributed by atoms with Gasteiger partial charge in [0.25, 0.3) is 0 Å². The van der Waals surface area contributed by atoms with E-state index < -0.39 is 0 Å². The fourth-order valence-electron chi connectivity index (χ4n) is 1.45. The third kappa shape index (κ3) is 11.6. The van der Waals surface area contributed by atoms with Crippen molar-refractivity contribution in [2.24, 2.45) is 11.3 Å². The fourth-order valence-corrected chi connectivity index (χ4v) is 1.45. The van der Waals surface area contributed by atoms with E-state index >= 15 is 0 Å². The van der Waals surface area contributed by atoms with Crippen molar-refractivity contribution in [1.82, 2.24) is 10.6 Å². The molecule has 1 amide bonds. The SMILES string of the molecule is CC(C)CCC(=O)CNCNC(=O)CC(C)(C)C. The van der Waals surface area contributed by atoms with Crippen LogP contribution < -0.4 is 10.6 Å². The first-order valence-electron chi connectivity index (χ1n) is 6.70. The smallest absolute Gasteiger partial charge is 0.221 e. The van der Waals surface area contributed by atoms with Crippen LogP contribution in [0.3, 0.4) is 0 Å². The summed E-state index contributed by atoms with van der Waals surface area (Å²) in [5, 5.41) is 5.70. The Bertz CT molecular complexity index is 267. The molecule has 0 aliphatic rings. The molecule has 0 saturated carbocycles. The van der Waals surface area contributed by atoms with E-state index in [0.29, 0.717) is 32.0 Å². The second-order valence-corrected chi connectivity index (χ2v) is 6.41. The van der Waals surface area contributed by atoms with Crippen molar-refractivity contribution >= 4 is 11.7 Å². The fraction of sp³-hybridized carbons (Fsp3) is 0.857. The number of nitrogens with one attached hydrogen (secondary N) is 2. The molecule has 0 aliphatic heterocycles. The predicted octanol–water partition coefficient (Wildman–Crippen LogP) is 2.09. The average molecular weight is 256 g/mol. The van der Waals surface area contributed by atoms with Crippen molar-refractivity contribution in [2.45, 2.75) is 53.9 Å². The van der Waals surface area contributed by atoms with E-state index in [1.165, 1.54) is 0 Å². The Hall–Kier alpha value is -0.900. The summed E-state index contributed by atoms with van der Waals surface area (Å²) in [6.07, 6.45) is 2.04. The molecule has 0 aromatic heterocycles. The Labute approximate surface area is 111 Å². The lowest BCUT2D eigenvalue weighted by Crippen LogP contribution is -2.37. The van der Waals surface area contributed by atoms with Crippen molar-refractivity contribution in [2.75, 3.05) is 13.2 Å². The number of Topliss-reactive ketones (excluding diaryl/α,β-unsaturated/α-hetero) is 1. The Morgan fingerprint density at radius 2 is 1.78 bits per heavy atom. The minimum Gasteiger partial charge on any atom is -0.344 e. The van der Waals surface area contributed by atoms with Gasteiger partial charge >= 0.3 is 0 Å². The summed E-state index contributed by atoms with van der Waals surface area (Å²) >= 11 is 0. The van der Waals surface area contributed by atoms with Gasteiger partial charge < -0.3 is 5.32 Å². The molecule has 0 bridgehead atoms. The minimum atomic E-state index is -0.00281. The van der Waals surface area contributed by atoms with Crippen molar-refractivity contribution in [3.63, 3.8) is 0 Å². The molecule has 2 N–H and O–H groups in total. The highest BCUT2D eigenvalue weighted by Gasteiger charge is 2.15. The molecule has 4 heteroatoms. The van der Waals surface area contributed by atoms with Gasteiger partial charge in [-0.15, -0.1) is 0 Å². The molecular formula is C14H28N2O2. The molecule has 0 radical (unpaired) electrons. The first-order chi connectivity index (χ1) is 8.20. The number of carbonyl (C=O) groups excluding carboxylic acids is 2. The van der Waals surface area contributed by atoms with Crippen LogP contribution in [0.4, 0.5) is 0 Å². The molecule has 4 nitrogen and oxygen atoms in total. The number of hydrogen-bond donors (Lipinski definition) is 2. The normalized spacial score (nSPS) is 11.7. The highest BCUT2D eigenvalue weighted by atomic mass is 16.1. The van der Waals surface area contributed by atoms with Crippen molar-refractivity contribution in [3.8, 4) is 0 Å². The lowest BCUT2D eigenvalue weighted by Gasteiger charge is -2.17. The molecule has 0 atom stereocenters. The Kier molecular flexibility index (Phi) is 7.83. The van der Waals surface area contributed by atoms with Gasteiger partial charge in [-0.25, -0.2) is 0 Å². The third-order valence-electron chi connectivity index (χ3n) is 2.42. The van der Waals surface area contributed by atoms with Crippen LogP contribution in [0.25, 0.3) is 0 Å². The van der Waals surface area contributed by atoms with Crippen LogP contribution in [0.5, 0.6) is 0 Å². The maximum atomic E-state index is 11.5. The standard InChI is InChI=1S/C14H28N2O2/c1-11(2)6-7-12(17)9-15-10-16-13(18)8-14(3,4)5/h11,15H,6-10H2,1-5H3,(H,16,18). The summed E-state index contributed by atoms with van der Waals surface area (Å²) in [6, 6.07) is 0. The zero-order valence-electron chi connectivity index (χ0n) is 12.4. The molecule has 0 aromatic rings. The Morgan fingerprint density at radius 1 is 1.17 bits per heavy atom. The Balaban J connectivity index is 3.56. The molecule has 0 aromatic carbocycles. The molecule has 18 heavy (non-hydrogen) atoms. The van der Waals surface area contributed by atoms with E-state index in [-0.39, 0.29) is 17.1 Å². The average Bonchev–Trinajstić information content (AvgIpc) is 2.19. The predicted molar refractivity (Wildman–Crippen MR) is 74.2 cm³/mol. The van der Waals surface area contributed by atoms with Crippen molar-refractivity contribution < 1.29 is 9.59 Å². The molecule has 0 unspecified atom stereocenters. The summed E-state index contributed by atoms with van der Waals surface area (Å²) in [5.41, 5.74) is -0.00281. The maximum Gasteiger partial charge on any atom is 0.221 e. The first kappa shape index (κ1) is 17.1. The van der Waals surface area contributed by atoms with Crippen LogP contribution in [0, 0.1) is 11.3 Å². The van der Waals surface area contributed by atoms with Crippen LogP contribution in [-0.4, -0.2) is 24.9 Å². The molecule has 0 spiro atoms.